The first kappa shape index (κ1) is 13.5. The van der Waals surface area contributed by atoms with Crippen LogP contribution >= 0.6 is 0 Å². The third-order valence-corrected chi connectivity index (χ3v) is 2.91. The number of aliphatic hydroxyl groups is 1. The fraction of sp³-hybridized carbons (Fsp3) is 0.500. The molecular formula is C12H16N4O3. The van der Waals surface area contributed by atoms with Crippen LogP contribution in [0.1, 0.15) is 24.6 Å². The Morgan fingerprint density at radius 1 is 1.58 bits per heavy atom. The lowest BCUT2D eigenvalue weighted by atomic mass is 10.2. The maximum Gasteiger partial charge on any atom is 0.351 e. The molecule has 0 bridgehead atoms. The molecule has 1 aliphatic heterocycles. The van der Waals surface area contributed by atoms with Crippen LogP contribution in [-0.2, 0) is 4.74 Å². The van der Waals surface area contributed by atoms with E-state index in [2.05, 4.69) is 16.8 Å². The van der Waals surface area contributed by atoms with Crippen molar-refractivity contribution in [1.29, 1.82) is 0 Å². The van der Waals surface area contributed by atoms with E-state index >= 15 is 0 Å². The van der Waals surface area contributed by atoms with Gasteiger partial charge in [-0.2, -0.15) is 4.98 Å². The number of hydrogen-bond acceptors (Lipinski definition) is 6. The number of ether oxygens (including phenoxy) is 1. The van der Waals surface area contributed by atoms with Gasteiger partial charge in [0.25, 0.3) is 0 Å². The van der Waals surface area contributed by atoms with Gasteiger partial charge in [0.1, 0.15) is 12.0 Å². The Balaban J connectivity index is 2.33. The van der Waals surface area contributed by atoms with E-state index in [4.69, 9.17) is 21.3 Å². The number of nitrogens with zero attached hydrogens (tertiary/aromatic N) is 2. The first-order valence-electron chi connectivity index (χ1n) is 5.99. The predicted molar refractivity (Wildman–Crippen MR) is 69.1 cm³/mol. The van der Waals surface area contributed by atoms with Gasteiger partial charge in [0, 0.05) is 6.20 Å². The Morgan fingerprint density at radius 2 is 2.37 bits per heavy atom. The van der Waals surface area contributed by atoms with Crippen molar-refractivity contribution in [2.24, 2.45) is 5.73 Å². The fourth-order valence-corrected chi connectivity index (χ4v) is 1.96. The van der Waals surface area contributed by atoms with Crippen molar-refractivity contribution in [3.63, 3.8) is 0 Å². The zero-order chi connectivity index (χ0) is 13.8. The van der Waals surface area contributed by atoms with E-state index in [1.54, 1.807) is 0 Å². The van der Waals surface area contributed by atoms with Crippen LogP contribution in [0.5, 0.6) is 0 Å². The molecule has 7 heteroatoms. The van der Waals surface area contributed by atoms with Gasteiger partial charge in [-0.3, -0.25) is 4.57 Å². The molecule has 0 amide bonds. The van der Waals surface area contributed by atoms with Crippen LogP contribution in [0, 0.1) is 11.8 Å². The second kappa shape index (κ2) is 5.84. The van der Waals surface area contributed by atoms with Gasteiger partial charge in [0.2, 0.25) is 0 Å². The van der Waals surface area contributed by atoms with E-state index in [-0.39, 0.29) is 25.1 Å². The zero-order valence-electron chi connectivity index (χ0n) is 10.4. The summed E-state index contributed by atoms with van der Waals surface area (Å²) < 4.78 is 6.89. The number of nitrogen functional groups attached to an aromatic ring is 1. The Labute approximate surface area is 110 Å². The second-order valence-corrected chi connectivity index (χ2v) is 4.21. The van der Waals surface area contributed by atoms with Crippen molar-refractivity contribution in [3.8, 4) is 11.8 Å². The molecule has 2 rings (SSSR count). The topological polar surface area (TPSA) is 116 Å². The Hall–Kier alpha value is -1.88. The lowest BCUT2D eigenvalue weighted by Crippen LogP contribution is -2.28. The normalized spacial score (nSPS) is 22.0. The molecule has 2 heterocycles. The van der Waals surface area contributed by atoms with E-state index in [0.717, 1.165) is 0 Å². The van der Waals surface area contributed by atoms with Crippen molar-refractivity contribution in [2.45, 2.75) is 25.2 Å². The minimum absolute atomic E-state index is 0.0620. The molecule has 0 aliphatic carbocycles. The number of nitrogens with two attached hydrogens (primary N) is 2. The van der Waals surface area contributed by atoms with Gasteiger partial charge in [0.15, 0.2) is 0 Å². The summed E-state index contributed by atoms with van der Waals surface area (Å²) >= 11 is 0. The van der Waals surface area contributed by atoms with Crippen molar-refractivity contribution in [1.82, 2.24) is 9.55 Å². The van der Waals surface area contributed by atoms with Gasteiger partial charge in [-0.15, -0.1) is 0 Å². The maximum absolute atomic E-state index is 11.8. The molecule has 0 aromatic carbocycles. The zero-order valence-corrected chi connectivity index (χ0v) is 10.4. The molecule has 0 spiro atoms. The van der Waals surface area contributed by atoms with Crippen molar-refractivity contribution in [2.75, 3.05) is 18.9 Å². The molecule has 1 fully saturated rings. The van der Waals surface area contributed by atoms with Gasteiger partial charge in [-0.25, -0.2) is 4.79 Å². The third-order valence-electron chi connectivity index (χ3n) is 2.91. The molecule has 0 radical (unpaired) electrons. The van der Waals surface area contributed by atoms with Gasteiger partial charge in [-0.1, -0.05) is 11.8 Å². The number of anilines is 1. The molecule has 0 unspecified atom stereocenters. The summed E-state index contributed by atoms with van der Waals surface area (Å²) in [5.74, 6) is 5.51. The monoisotopic (exact) mass is 264 g/mol. The molecule has 5 N–H and O–H groups in total. The number of hydrogen-bond donors (Lipinski definition) is 3. The lowest BCUT2D eigenvalue weighted by molar-refractivity contribution is -0.0245. The Bertz CT molecular complexity index is 573. The molecule has 1 aromatic rings. The lowest BCUT2D eigenvalue weighted by Gasteiger charge is -2.15. The SMILES string of the molecule is NCC#Cc1cn([C@H]2CC[C@@H](CO)O2)c(=O)nc1N. The largest absolute Gasteiger partial charge is 0.394 e. The first-order chi connectivity index (χ1) is 9.15. The van der Waals surface area contributed by atoms with E-state index in [0.29, 0.717) is 18.4 Å². The summed E-state index contributed by atoms with van der Waals surface area (Å²) in [6.45, 7) is 0.137. The van der Waals surface area contributed by atoms with Crippen LogP contribution in [0.25, 0.3) is 0 Å². The molecule has 1 aliphatic rings. The molecule has 2 atom stereocenters. The van der Waals surface area contributed by atoms with Gasteiger partial charge < -0.3 is 21.3 Å². The van der Waals surface area contributed by atoms with Crippen LogP contribution in [0.15, 0.2) is 11.0 Å². The summed E-state index contributed by atoms with van der Waals surface area (Å²) in [4.78, 5) is 15.5. The fourth-order valence-electron chi connectivity index (χ4n) is 1.96. The second-order valence-electron chi connectivity index (χ2n) is 4.21. The standard InChI is InChI=1S/C12H16N4O3/c13-5-1-2-8-6-16(12(18)15-11(8)14)10-4-3-9(7-17)19-10/h6,9-10,17H,3-5,7,13H2,(H2,14,15,18)/t9-,10+/m0/s1. The molecule has 7 nitrogen and oxygen atoms in total. The average Bonchev–Trinajstić information content (AvgIpc) is 2.86. The molecule has 19 heavy (non-hydrogen) atoms. The molecule has 0 saturated carbocycles. The summed E-state index contributed by atoms with van der Waals surface area (Å²) in [7, 11) is 0. The maximum atomic E-state index is 11.8. The van der Waals surface area contributed by atoms with Crippen LogP contribution in [-0.4, -0.2) is 33.9 Å². The van der Waals surface area contributed by atoms with Crippen molar-refractivity contribution < 1.29 is 9.84 Å². The number of aliphatic hydroxyl groups excluding tert-OH is 1. The highest BCUT2D eigenvalue weighted by Crippen LogP contribution is 2.27. The predicted octanol–water partition coefficient (Wildman–Crippen LogP) is -1.19. The summed E-state index contributed by atoms with van der Waals surface area (Å²) in [6, 6.07) is 0. The quantitative estimate of drug-likeness (QED) is 0.578. The van der Waals surface area contributed by atoms with E-state index < -0.39 is 11.9 Å². The molecule has 1 aromatic heterocycles. The highest BCUT2D eigenvalue weighted by atomic mass is 16.5. The highest BCUT2D eigenvalue weighted by molar-refractivity contribution is 5.49. The van der Waals surface area contributed by atoms with Gasteiger partial charge in [0.05, 0.1) is 24.8 Å². The minimum Gasteiger partial charge on any atom is -0.394 e. The summed E-state index contributed by atoms with van der Waals surface area (Å²) in [5.41, 5.74) is 10.9. The van der Waals surface area contributed by atoms with E-state index in [1.807, 2.05) is 0 Å². The van der Waals surface area contributed by atoms with Crippen molar-refractivity contribution >= 4 is 5.82 Å². The van der Waals surface area contributed by atoms with Gasteiger partial charge >= 0.3 is 5.69 Å². The van der Waals surface area contributed by atoms with Crippen LogP contribution < -0.4 is 17.2 Å². The van der Waals surface area contributed by atoms with Gasteiger partial charge in [-0.05, 0) is 12.8 Å². The molecule has 1 saturated heterocycles. The Kier molecular flexibility index (Phi) is 4.16. The number of rotatable bonds is 2. The first-order valence-corrected chi connectivity index (χ1v) is 5.99. The van der Waals surface area contributed by atoms with Crippen LogP contribution in [0.2, 0.25) is 0 Å². The van der Waals surface area contributed by atoms with Crippen LogP contribution in [0.4, 0.5) is 5.82 Å². The Morgan fingerprint density at radius 3 is 3.00 bits per heavy atom. The van der Waals surface area contributed by atoms with E-state index in [9.17, 15) is 4.79 Å². The molecular weight excluding hydrogens is 248 g/mol. The number of aromatic nitrogens is 2. The smallest absolute Gasteiger partial charge is 0.351 e. The van der Waals surface area contributed by atoms with E-state index in [1.165, 1.54) is 10.8 Å². The summed E-state index contributed by atoms with van der Waals surface area (Å²) in [5, 5.41) is 9.03. The highest BCUT2D eigenvalue weighted by Gasteiger charge is 2.27. The van der Waals surface area contributed by atoms with Crippen LogP contribution in [0.3, 0.4) is 0 Å². The average molecular weight is 264 g/mol. The third kappa shape index (κ3) is 2.93. The summed E-state index contributed by atoms with van der Waals surface area (Å²) in [6.07, 6.45) is 2.18. The molecule has 102 valence electrons. The van der Waals surface area contributed by atoms with Crippen molar-refractivity contribution in [3.05, 3.63) is 22.2 Å². The minimum atomic E-state index is -0.487.